The summed E-state index contributed by atoms with van der Waals surface area (Å²) in [5.41, 5.74) is 5.14. The van der Waals surface area contributed by atoms with Crippen LogP contribution in [0.25, 0.3) is 0 Å². The summed E-state index contributed by atoms with van der Waals surface area (Å²) in [7, 11) is 1.43. The summed E-state index contributed by atoms with van der Waals surface area (Å²) >= 11 is 0. The van der Waals surface area contributed by atoms with Crippen LogP contribution in [0, 0.1) is 11.6 Å². The van der Waals surface area contributed by atoms with Gasteiger partial charge in [-0.15, -0.1) is 0 Å². The number of hydrogen-bond acceptors (Lipinski definition) is 1. The van der Waals surface area contributed by atoms with Crippen LogP contribution in [0.1, 0.15) is 18.5 Å². The molecule has 0 radical (unpaired) electrons. The molecule has 5 heteroatoms. The Balaban J connectivity index is 3.04. The van der Waals surface area contributed by atoms with Crippen molar-refractivity contribution in [2.75, 3.05) is 7.05 Å². The molecule has 1 aromatic rings. The van der Waals surface area contributed by atoms with Crippen molar-refractivity contribution in [1.82, 2.24) is 4.90 Å². The second kappa shape index (κ2) is 4.25. The normalized spacial score (nSPS) is 12.3. The molecule has 2 amide bonds. The molecule has 0 aromatic heterocycles. The SMILES string of the molecule is CC(c1cc(F)ccc1F)N(C)C(N)=O. The number of nitrogens with two attached hydrogens (primary N) is 1. The zero-order valence-corrected chi connectivity index (χ0v) is 8.50. The molecule has 0 saturated heterocycles. The van der Waals surface area contributed by atoms with E-state index in [-0.39, 0.29) is 5.56 Å². The van der Waals surface area contributed by atoms with Crippen molar-refractivity contribution < 1.29 is 13.6 Å². The Kier molecular flexibility index (Phi) is 3.24. The van der Waals surface area contributed by atoms with Crippen molar-refractivity contribution in [3.8, 4) is 0 Å². The highest BCUT2D eigenvalue weighted by atomic mass is 19.1. The Hall–Kier alpha value is -1.65. The average molecular weight is 214 g/mol. The van der Waals surface area contributed by atoms with Crippen LogP contribution >= 0.6 is 0 Å². The third-order valence-electron chi connectivity index (χ3n) is 2.34. The largest absolute Gasteiger partial charge is 0.351 e. The fourth-order valence-corrected chi connectivity index (χ4v) is 1.23. The minimum atomic E-state index is -0.689. The van der Waals surface area contributed by atoms with Gasteiger partial charge in [0.15, 0.2) is 0 Å². The zero-order valence-electron chi connectivity index (χ0n) is 8.50. The first kappa shape index (κ1) is 11.4. The number of rotatable bonds is 2. The van der Waals surface area contributed by atoms with Crippen LogP contribution in [0.4, 0.5) is 13.6 Å². The quantitative estimate of drug-likeness (QED) is 0.804. The number of benzene rings is 1. The molecule has 0 fully saturated rings. The summed E-state index contributed by atoms with van der Waals surface area (Å²) in [6.45, 7) is 1.57. The van der Waals surface area contributed by atoms with Gasteiger partial charge in [0.2, 0.25) is 0 Å². The van der Waals surface area contributed by atoms with Gasteiger partial charge in [0, 0.05) is 12.6 Å². The zero-order chi connectivity index (χ0) is 11.6. The topological polar surface area (TPSA) is 46.3 Å². The second-order valence-electron chi connectivity index (χ2n) is 3.29. The molecule has 1 unspecified atom stereocenters. The highest BCUT2D eigenvalue weighted by molar-refractivity contribution is 5.72. The number of halogens is 2. The van der Waals surface area contributed by atoms with Gasteiger partial charge in [0.1, 0.15) is 11.6 Å². The van der Waals surface area contributed by atoms with E-state index in [9.17, 15) is 13.6 Å². The molecule has 0 heterocycles. The number of urea groups is 1. The minimum absolute atomic E-state index is 0.108. The van der Waals surface area contributed by atoms with Gasteiger partial charge in [-0.1, -0.05) is 0 Å². The third-order valence-corrected chi connectivity index (χ3v) is 2.34. The van der Waals surface area contributed by atoms with E-state index in [0.29, 0.717) is 0 Å². The van der Waals surface area contributed by atoms with Crippen molar-refractivity contribution in [2.24, 2.45) is 5.73 Å². The summed E-state index contributed by atoms with van der Waals surface area (Å²) in [6.07, 6.45) is 0. The van der Waals surface area contributed by atoms with E-state index < -0.39 is 23.7 Å². The second-order valence-corrected chi connectivity index (χ2v) is 3.29. The lowest BCUT2D eigenvalue weighted by atomic mass is 10.1. The molecular weight excluding hydrogens is 202 g/mol. The summed E-state index contributed by atoms with van der Waals surface area (Å²) in [6, 6.07) is 1.81. The number of carbonyl (C=O) groups is 1. The van der Waals surface area contributed by atoms with E-state index in [2.05, 4.69) is 0 Å². The summed E-state index contributed by atoms with van der Waals surface area (Å²) in [5, 5.41) is 0. The van der Waals surface area contributed by atoms with Crippen LogP contribution in [-0.4, -0.2) is 18.0 Å². The molecule has 82 valence electrons. The highest BCUT2D eigenvalue weighted by Crippen LogP contribution is 2.22. The molecule has 2 N–H and O–H groups in total. The van der Waals surface area contributed by atoms with Crippen LogP contribution in [0.3, 0.4) is 0 Å². The fraction of sp³-hybridized carbons (Fsp3) is 0.300. The predicted molar refractivity (Wildman–Crippen MR) is 52.1 cm³/mol. The number of carbonyl (C=O) groups excluding carboxylic acids is 1. The lowest BCUT2D eigenvalue weighted by Gasteiger charge is -2.23. The van der Waals surface area contributed by atoms with Gasteiger partial charge < -0.3 is 10.6 Å². The van der Waals surface area contributed by atoms with Crippen molar-refractivity contribution in [1.29, 1.82) is 0 Å². The smallest absolute Gasteiger partial charge is 0.315 e. The first-order valence-electron chi connectivity index (χ1n) is 4.40. The number of amides is 2. The Morgan fingerprint density at radius 2 is 2.07 bits per heavy atom. The van der Waals surface area contributed by atoms with Gasteiger partial charge in [0.05, 0.1) is 6.04 Å². The predicted octanol–water partition coefficient (Wildman–Crippen LogP) is 2.04. The summed E-state index contributed by atoms with van der Waals surface area (Å²) < 4.78 is 26.2. The standard InChI is InChI=1S/C10H12F2N2O/c1-6(14(2)10(13)15)8-5-7(11)3-4-9(8)12/h3-6H,1-2H3,(H2,13,15). The van der Waals surface area contributed by atoms with Gasteiger partial charge in [-0.3, -0.25) is 0 Å². The van der Waals surface area contributed by atoms with Crippen molar-refractivity contribution in [3.63, 3.8) is 0 Å². The molecule has 1 rings (SSSR count). The van der Waals surface area contributed by atoms with Crippen molar-refractivity contribution in [3.05, 3.63) is 35.4 Å². The van der Waals surface area contributed by atoms with E-state index in [1.165, 1.54) is 7.05 Å². The van der Waals surface area contributed by atoms with Gasteiger partial charge in [-0.25, -0.2) is 13.6 Å². The lowest BCUT2D eigenvalue weighted by molar-refractivity contribution is 0.203. The van der Waals surface area contributed by atoms with Crippen LogP contribution in [-0.2, 0) is 0 Å². The molecule has 0 aliphatic rings. The fourth-order valence-electron chi connectivity index (χ4n) is 1.23. The molecule has 3 nitrogen and oxygen atoms in total. The van der Waals surface area contributed by atoms with E-state index >= 15 is 0 Å². The molecule has 1 aromatic carbocycles. The van der Waals surface area contributed by atoms with E-state index in [4.69, 9.17) is 5.73 Å². The first-order chi connectivity index (χ1) is 6.93. The van der Waals surface area contributed by atoms with Crippen molar-refractivity contribution in [2.45, 2.75) is 13.0 Å². The number of hydrogen-bond donors (Lipinski definition) is 1. The molecule has 0 aliphatic carbocycles. The number of primary amides is 1. The van der Waals surface area contributed by atoms with E-state index in [1.807, 2.05) is 0 Å². The van der Waals surface area contributed by atoms with Crippen LogP contribution < -0.4 is 5.73 Å². The van der Waals surface area contributed by atoms with Crippen molar-refractivity contribution >= 4 is 6.03 Å². The molecule has 0 bridgehead atoms. The van der Waals surface area contributed by atoms with Crippen LogP contribution in [0.2, 0.25) is 0 Å². The summed E-state index contributed by atoms with van der Waals surface area (Å²) in [4.78, 5) is 12.0. The maximum absolute atomic E-state index is 13.3. The van der Waals surface area contributed by atoms with E-state index in [1.54, 1.807) is 6.92 Å². The molecular formula is C10H12F2N2O. The van der Waals surface area contributed by atoms with E-state index in [0.717, 1.165) is 23.1 Å². The Bertz CT molecular complexity index is 382. The Morgan fingerprint density at radius 3 is 2.60 bits per heavy atom. The third kappa shape index (κ3) is 2.43. The average Bonchev–Trinajstić information content (AvgIpc) is 2.19. The maximum atomic E-state index is 13.3. The highest BCUT2D eigenvalue weighted by Gasteiger charge is 2.18. The van der Waals surface area contributed by atoms with Gasteiger partial charge >= 0.3 is 6.03 Å². The maximum Gasteiger partial charge on any atom is 0.315 e. The van der Waals surface area contributed by atoms with Gasteiger partial charge in [-0.05, 0) is 25.1 Å². The molecule has 15 heavy (non-hydrogen) atoms. The Labute approximate surface area is 86.5 Å². The van der Waals surface area contributed by atoms with Gasteiger partial charge in [-0.2, -0.15) is 0 Å². The molecule has 1 atom stereocenters. The molecule has 0 spiro atoms. The van der Waals surface area contributed by atoms with Gasteiger partial charge in [0.25, 0.3) is 0 Å². The lowest BCUT2D eigenvalue weighted by Crippen LogP contribution is -2.34. The molecule has 0 aliphatic heterocycles. The number of nitrogens with zero attached hydrogens (tertiary/aromatic N) is 1. The Morgan fingerprint density at radius 1 is 1.47 bits per heavy atom. The summed E-state index contributed by atoms with van der Waals surface area (Å²) in [5.74, 6) is -1.10. The monoisotopic (exact) mass is 214 g/mol. The van der Waals surface area contributed by atoms with Crippen LogP contribution in [0.15, 0.2) is 18.2 Å². The van der Waals surface area contributed by atoms with Crippen LogP contribution in [0.5, 0.6) is 0 Å². The molecule has 0 saturated carbocycles. The first-order valence-corrected chi connectivity index (χ1v) is 4.40. The minimum Gasteiger partial charge on any atom is -0.351 e.